The number of rotatable bonds is 5. The molecule has 0 N–H and O–H groups in total. The van der Waals surface area contributed by atoms with E-state index in [1.54, 1.807) is 15.3 Å². The van der Waals surface area contributed by atoms with Crippen LogP contribution < -0.4 is 5.56 Å². The molecule has 0 bridgehead atoms. The van der Waals surface area contributed by atoms with Crippen molar-refractivity contribution >= 4 is 11.4 Å². The molecule has 6 nitrogen and oxygen atoms in total. The number of aryl methyl sites for hydroxylation is 3. The molecule has 6 heteroatoms. The Morgan fingerprint density at radius 3 is 2.61 bits per heavy atom. The van der Waals surface area contributed by atoms with E-state index in [2.05, 4.69) is 35.4 Å². The van der Waals surface area contributed by atoms with Gasteiger partial charge in [0.05, 0.1) is 5.69 Å². The normalized spacial score (nSPS) is 17.1. The number of carbonyl (C=O) groups excluding carboxylic acids is 1. The van der Waals surface area contributed by atoms with Gasteiger partial charge >= 0.3 is 0 Å². The zero-order valence-electron chi connectivity index (χ0n) is 18.0. The van der Waals surface area contributed by atoms with Crippen molar-refractivity contribution < 1.29 is 4.79 Å². The first-order chi connectivity index (χ1) is 15.2. The molecule has 0 unspecified atom stereocenters. The van der Waals surface area contributed by atoms with Gasteiger partial charge in [0.1, 0.15) is 5.52 Å². The van der Waals surface area contributed by atoms with Gasteiger partial charge in [-0.1, -0.05) is 30.3 Å². The highest BCUT2D eigenvalue weighted by atomic mass is 16.2. The summed E-state index contributed by atoms with van der Waals surface area (Å²) in [4.78, 5) is 27.8. The van der Waals surface area contributed by atoms with Gasteiger partial charge < -0.3 is 9.47 Å². The van der Waals surface area contributed by atoms with Crippen molar-refractivity contribution in [2.45, 2.75) is 57.9 Å². The molecule has 0 spiro atoms. The Morgan fingerprint density at radius 1 is 1.03 bits per heavy atom. The molecule has 0 atom stereocenters. The lowest BCUT2D eigenvalue weighted by Gasteiger charge is -2.32. The Balaban J connectivity index is 1.19. The molecule has 1 aromatic carbocycles. The number of amides is 1. The highest BCUT2D eigenvalue weighted by Crippen LogP contribution is 2.23. The van der Waals surface area contributed by atoms with E-state index in [4.69, 9.17) is 0 Å². The van der Waals surface area contributed by atoms with E-state index in [1.807, 2.05) is 11.1 Å². The maximum atomic E-state index is 13.0. The molecule has 5 rings (SSSR count). The quantitative estimate of drug-likeness (QED) is 0.639. The van der Waals surface area contributed by atoms with E-state index in [-0.39, 0.29) is 11.5 Å². The van der Waals surface area contributed by atoms with Crippen molar-refractivity contribution in [3.63, 3.8) is 0 Å². The van der Waals surface area contributed by atoms with Crippen LogP contribution in [0, 0.1) is 5.92 Å². The standard InChI is InChI=1S/C25H30N4O2/c30-23(27-13-10-20(11-14-27)18-19-6-2-1-3-7-19)12-15-28-16-17-29-24(25(28)31)21-8-4-5-9-22(21)26-29/h1-3,6-7,16-17,20H,4-5,8-15,18H2. The fraction of sp³-hybridized carbons (Fsp3) is 0.480. The Labute approximate surface area is 182 Å². The predicted octanol–water partition coefficient (Wildman–Crippen LogP) is 3.25. The van der Waals surface area contributed by atoms with E-state index in [1.165, 1.54) is 5.56 Å². The number of hydrogen-bond acceptors (Lipinski definition) is 3. The van der Waals surface area contributed by atoms with Crippen LogP contribution >= 0.6 is 0 Å². The van der Waals surface area contributed by atoms with E-state index < -0.39 is 0 Å². The van der Waals surface area contributed by atoms with Gasteiger partial charge in [-0.3, -0.25) is 9.59 Å². The third-order valence-electron chi connectivity index (χ3n) is 6.93. The molecule has 0 radical (unpaired) electrons. The number of fused-ring (bicyclic) bond motifs is 3. The zero-order chi connectivity index (χ0) is 21.2. The van der Waals surface area contributed by atoms with Crippen LogP contribution in [0.1, 0.15) is 48.9 Å². The molecular formula is C25H30N4O2. The topological polar surface area (TPSA) is 59.6 Å². The first kappa shape index (κ1) is 20.0. The molecular weight excluding hydrogens is 388 g/mol. The number of carbonyl (C=O) groups is 1. The lowest BCUT2D eigenvalue weighted by Crippen LogP contribution is -2.39. The van der Waals surface area contributed by atoms with Crippen molar-refractivity contribution in [2.75, 3.05) is 13.1 Å². The van der Waals surface area contributed by atoms with Gasteiger partial charge in [0.15, 0.2) is 0 Å². The van der Waals surface area contributed by atoms with Crippen LogP contribution in [0.25, 0.3) is 5.52 Å². The van der Waals surface area contributed by atoms with E-state index in [0.717, 1.165) is 69.3 Å². The van der Waals surface area contributed by atoms with Crippen LogP contribution in [0.4, 0.5) is 0 Å². The summed E-state index contributed by atoms with van der Waals surface area (Å²) in [7, 11) is 0. The fourth-order valence-corrected chi connectivity index (χ4v) is 5.14. The van der Waals surface area contributed by atoms with Gasteiger partial charge in [0.25, 0.3) is 5.56 Å². The average molecular weight is 419 g/mol. The Morgan fingerprint density at radius 2 is 1.81 bits per heavy atom. The maximum Gasteiger partial charge on any atom is 0.276 e. The molecule has 1 fully saturated rings. The largest absolute Gasteiger partial charge is 0.343 e. The van der Waals surface area contributed by atoms with Crippen LogP contribution in [0.2, 0.25) is 0 Å². The van der Waals surface area contributed by atoms with E-state index >= 15 is 0 Å². The molecule has 0 saturated carbocycles. The fourth-order valence-electron chi connectivity index (χ4n) is 5.14. The van der Waals surface area contributed by atoms with E-state index in [0.29, 0.717) is 24.4 Å². The van der Waals surface area contributed by atoms with Crippen LogP contribution in [0.3, 0.4) is 0 Å². The maximum absolute atomic E-state index is 13.0. The lowest BCUT2D eigenvalue weighted by atomic mass is 9.90. The molecule has 2 aliphatic rings. The van der Waals surface area contributed by atoms with Crippen molar-refractivity contribution in [2.24, 2.45) is 5.92 Å². The minimum Gasteiger partial charge on any atom is -0.343 e. The second-order valence-electron chi connectivity index (χ2n) is 8.99. The summed E-state index contributed by atoms with van der Waals surface area (Å²) < 4.78 is 3.42. The monoisotopic (exact) mass is 418 g/mol. The van der Waals surface area contributed by atoms with Gasteiger partial charge in [0, 0.05) is 44.0 Å². The van der Waals surface area contributed by atoms with Crippen molar-refractivity contribution in [1.82, 2.24) is 19.1 Å². The molecule has 3 aromatic rings. The van der Waals surface area contributed by atoms with Crippen LogP contribution in [0.5, 0.6) is 0 Å². The number of aromatic nitrogens is 3. The second-order valence-corrected chi connectivity index (χ2v) is 8.99. The summed E-state index contributed by atoms with van der Waals surface area (Å²) >= 11 is 0. The summed E-state index contributed by atoms with van der Waals surface area (Å²) in [5, 5.41) is 4.59. The van der Waals surface area contributed by atoms with Crippen LogP contribution in [0.15, 0.2) is 47.5 Å². The summed E-state index contributed by atoms with van der Waals surface area (Å²) in [6.45, 7) is 2.07. The van der Waals surface area contributed by atoms with Gasteiger partial charge in [-0.2, -0.15) is 5.10 Å². The smallest absolute Gasteiger partial charge is 0.276 e. The summed E-state index contributed by atoms with van der Waals surface area (Å²) in [6, 6.07) is 10.6. The Hall–Kier alpha value is -2.89. The SMILES string of the molecule is O=C(CCn1ccn2nc3c(c2c1=O)CCCC3)N1CCC(Cc2ccccc2)CC1. The van der Waals surface area contributed by atoms with Crippen molar-refractivity contribution in [3.05, 3.63) is 69.9 Å². The number of hydrogen-bond donors (Lipinski definition) is 0. The highest BCUT2D eigenvalue weighted by molar-refractivity contribution is 5.76. The van der Waals surface area contributed by atoms with Crippen molar-refractivity contribution in [3.8, 4) is 0 Å². The van der Waals surface area contributed by atoms with Gasteiger partial charge in [-0.15, -0.1) is 0 Å². The first-order valence-electron chi connectivity index (χ1n) is 11.6. The summed E-state index contributed by atoms with van der Waals surface area (Å²) in [5.74, 6) is 0.796. The number of nitrogens with zero attached hydrogens (tertiary/aromatic N) is 4. The average Bonchev–Trinajstić information content (AvgIpc) is 3.19. The molecule has 1 amide bonds. The molecule has 2 aromatic heterocycles. The van der Waals surface area contributed by atoms with Gasteiger partial charge in [-0.25, -0.2) is 4.52 Å². The Bertz CT molecular complexity index is 1120. The third kappa shape index (κ3) is 4.16. The molecule has 162 valence electrons. The minimum atomic E-state index is -0.0208. The zero-order valence-corrected chi connectivity index (χ0v) is 18.0. The first-order valence-corrected chi connectivity index (χ1v) is 11.6. The number of piperidine rings is 1. The number of likely N-dealkylation sites (tertiary alicyclic amines) is 1. The molecule has 1 saturated heterocycles. The van der Waals surface area contributed by atoms with E-state index in [9.17, 15) is 9.59 Å². The highest BCUT2D eigenvalue weighted by Gasteiger charge is 2.23. The summed E-state index contributed by atoms with van der Waals surface area (Å²) in [5.41, 5.74) is 4.23. The number of benzene rings is 1. The molecule has 1 aliphatic carbocycles. The van der Waals surface area contributed by atoms with Crippen molar-refractivity contribution in [1.29, 1.82) is 0 Å². The van der Waals surface area contributed by atoms with Gasteiger partial charge in [-0.05, 0) is 56.4 Å². The minimum absolute atomic E-state index is 0.0208. The second kappa shape index (κ2) is 8.69. The molecule has 31 heavy (non-hydrogen) atoms. The van der Waals surface area contributed by atoms with Gasteiger partial charge in [0.2, 0.25) is 5.91 Å². The predicted molar refractivity (Wildman–Crippen MR) is 120 cm³/mol. The summed E-state index contributed by atoms with van der Waals surface area (Å²) in [6.07, 6.45) is 11.3. The third-order valence-corrected chi connectivity index (χ3v) is 6.93. The molecule has 1 aliphatic heterocycles. The van der Waals surface area contributed by atoms with Crippen LogP contribution in [-0.4, -0.2) is 38.1 Å². The van der Waals surface area contributed by atoms with Crippen LogP contribution in [-0.2, 0) is 30.6 Å². The lowest BCUT2D eigenvalue weighted by molar-refractivity contribution is -0.132. The Kier molecular flexibility index (Phi) is 5.62. The molecule has 3 heterocycles.